The number of ether oxygens (including phenoxy) is 1. The topological polar surface area (TPSA) is 78.2 Å². The zero-order valence-electron chi connectivity index (χ0n) is 8.58. The number of nitro groups is 1. The van der Waals surface area contributed by atoms with Gasteiger partial charge in [-0.3, -0.25) is 15.1 Å². The molecule has 6 nitrogen and oxygen atoms in total. The van der Waals surface area contributed by atoms with E-state index in [-0.39, 0.29) is 17.0 Å². The van der Waals surface area contributed by atoms with Crippen LogP contribution < -0.4 is 4.74 Å². The predicted octanol–water partition coefficient (Wildman–Crippen LogP) is 1.94. The molecule has 1 heterocycles. The second kappa shape index (κ2) is 4.09. The van der Waals surface area contributed by atoms with Crippen molar-refractivity contribution in [3.8, 4) is 5.75 Å². The first-order chi connectivity index (χ1) is 7.74. The van der Waals surface area contributed by atoms with Crippen LogP contribution in [0.15, 0.2) is 24.5 Å². The lowest BCUT2D eigenvalue weighted by molar-refractivity contribution is -0.384. The molecule has 0 saturated heterocycles. The SMILES string of the molecule is CCOc1ccc2nccnc2c1[N+](=O)[O-]. The Labute approximate surface area is 91.0 Å². The molecule has 2 rings (SSSR count). The van der Waals surface area contributed by atoms with E-state index in [9.17, 15) is 10.1 Å². The Kier molecular flexibility index (Phi) is 2.63. The summed E-state index contributed by atoms with van der Waals surface area (Å²) in [5.41, 5.74) is 0.601. The van der Waals surface area contributed by atoms with E-state index < -0.39 is 4.92 Å². The van der Waals surface area contributed by atoms with Gasteiger partial charge in [-0.15, -0.1) is 0 Å². The van der Waals surface area contributed by atoms with E-state index in [1.54, 1.807) is 19.1 Å². The number of aromatic nitrogens is 2. The van der Waals surface area contributed by atoms with Crippen molar-refractivity contribution in [2.45, 2.75) is 6.92 Å². The molecule has 0 atom stereocenters. The Hall–Kier alpha value is -2.24. The Bertz CT molecular complexity index is 542. The molecular weight excluding hydrogens is 210 g/mol. The standard InChI is InChI=1S/C10H9N3O3/c1-2-16-8-4-3-7-9(10(8)13(14)15)12-6-5-11-7/h3-6H,2H2,1H3. The number of nitrogens with zero attached hydrogens (tertiary/aromatic N) is 3. The molecule has 0 fully saturated rings. The normalized spacial score (nSPS) is 10.3. The Morgan fingerprint density at radius 1 is 1.38 bits per heavy atom. The molecular formula is C10H9N3O3. The molecule has 0 amide bonds. The van der Waals surface area contributed by atoms with Crippen LogP contribution in [0.1, 0.15) is 6.92 Å². The fraction of sp³-hybridized carbons (Fsp3) is 0.200. The highest BCUT2D eigenvalue weighted by molar-refractivity contribution is 5.87. The first-order valence-electron chi connectivity index (χ1n) is 4.75. The van der Waals surface area contributed by atoms with Gasteiger partial charge in [0.05, 0.1) is 17.0 Å². The van der Waals surface area contributed by atoms with Crippen LogP contribution >= 0.6 is 0 Å². The van der Waals surface area contributed by atoms with Crippen molar-refractivity contribution >= 4 is 16.7 Å². The zero-order valence-corrected chi connectivity index (χ0v) is 8.58. The highest BCUT2D eigenvalue weighted by Crippen LogP contribution is 2.32. The zero-order chi connectivity index (χ0) is 11.5. The maximum absolute atomic E-state index is 11.0. The lowest BCUT2D eigenvalue weighted by Gasteiger charge is -2.05. The second-order valence-corrected chi connectivity index (χ2v) is 3.03. The van der Waals surface area contributed by atoms with E-state index in [0.29, 0.717) is 12.1 Å². The van der Waals surface area contributed by atoms with Gasteiger partial charge >= 0.3 is 5.69 Å². The maximum Gasteiger partial charge on any atom is 0.338 e. The third-order valence-electron chi connectivity index (χ3n) is 2.06. The van der Waals surface area contributed by atoms with Crippen molar-refractivity contribution in [1.29, 1.82) is 0 Å². The van der Waals surface area contributed by atoms with Gasteiger partial charge in [0.25, 0.3) is 0 Å². The summed E-state index contributed by atoms with van der Waals surface area (Å²) in [5.74, 6) is 0.223. The molecule has 0 aliphatic carbocycles. The van der Waals surface area contributed by atoms with Crippen molar-refractivity contribution in [3.05, 3.63) is 34.6 Å². The van der Waals surface area contributed by atoms with Crippen LogP contribution in [0, 0.1) is 10.1 Å². The largest absolute Gasteiger partial charge is 0.487 e. The number of hydrogen-bond donors (Lipinski definition) is 0. The number of hydrogen-bond acceptors (Lipinski definition) is 5. The van der Waals surface area contributed by atoms with Gasteiger partial charge in [-0.1, -0.05) is 0 Å². The van der Waals surface area contributed by atoms with E-state index in [0.717, 1.165) is 0 Å². The van der Waals surface area contributed by atoms with Crippen molar-refractivity contribution in [1.82, 2.24) is 9.97 Å². The van der Waals surface area contributed by atoms with Gasteiger partial charge in [-0.25, -0.2) is 4.98 Å². The second-order valence-electron chi connectivity index (χ2n) is 3.03. The molecule has 6 heteroatoms. The third-order valence-corrected chi connectivity index (χ3v) is 2.06. The molecule has 0 spiro atoms. The van der Waals surface area contributed by atoms with Crippen LogP contribution in [-0.2, 0) is 0 Å². The molecule has 82 valence electrons. The molecule has 0 N–H and O–H groups in total. The number of fused-ring (bicyclic) bond motifs is 1. The van der Waals surface area contributed by atoms with Crippen LogP contribution in [0.25, 0.3) is 11.0 Å². The Morgan fingerprint density at radius 3 is 2.81 bits per heavy atom. The lowest BCUT2D eigenvalue weighted by Crippen LogP contribution is -1.99. The molecule has 0 radical (unpaired) electrons. The first-order valence-corrected chi connectivity index (χ1v) is 4.75. The fourth-order valence-electron chi connectivity index (χ4n) is 1.45. The number of rotatable bonds is 3. The minimum Gasteiger partial charge on any atom is -0.487 e. The van der Waals surface area contributed by atoms with E-state index in [1.807, 2.05) is 0 Å². The molecule has 16 heavy (non-hydrogen) atoms. The molecule has 0 aliphatic rings. The van der Waals surface area contributed by atoms with Gasteiger partial charge in [0.15, 0.2) is 11.3 Å². The highest BCUT2D eigenvalue weighted by atomic mass is 16.6. The summed E-state index contributed by atoms with van der Waals surface area (Å²) in [4.78, 5) is 18.4. The van der Waals surface area contributed by atoms with Crippen LogP contribution in [0.3, 0.4) is 0 Å². The lowest BCUT2D eigenvalue weighted by atomic mass is 10.2. The fourth-order valence-corrected chi connectivity index (χ4v) is 1.45. The minimum absolute atomic E-state index is 0.132. The van der Waals surface area contributed by atoms with Gasteiger partial charge in [0.2, 0.25) is 0 Å². The van der Waals surface area contributed by atoms with Crippen LogP contribution in [0.2, 0.25) is 0 Å². The number of nitro benzene ring substituents is 1. The monoisotopic (exact) mass is 219 g/mol. The van der Waals surface area contributed by atoms with Crippen LogP contribution in [0.4, 0.5) is 5.69 Å². The molecule has 1 aromatic carbocycles. The van der Waals surface area contributed by atoms with Gasteiger partial charge in [-0.2, -0.15) is 0 Å². The van der Waals surface area contributed by atoms with Crippen LogP contribution in [-0.4, -0.2) is 21.5 Å². The van der Waals surface area contributed by atoms with E-state index in [1.165, 1.54) is 12.4 Å². The summed E-state index contributed by atoms with van der Waals surface area (Å²) >= 11 is 0. The summed E-state index contributed by atoms with van der Waals surface area (Å²) in [6, 6.07) is 3.19. The first kappa shape index (κ1) is 10.3. The average molecular weight is 219 g/mol. The van der Waals surface area contributed by atoms with Crippen molar-refractivity contribution < 1.29 is 9.66 Å². The summed E-state index contributed by atoms with van der Waals surface area (Å²) in [6.45, 7) is 2.14. The van der Waals surface area contributed by atoms with Crippen molar-refractivity contribution in [3.63, 3.8) is 0 Å². The Morgan fingerprint density at radius 2 is 2.12 bits per heavy atom. The smallest absolute Gasteiger partial charge is 0.338 e. The molecule has 2 aromatic rings. The van der Waals surface area contributed by atoms with Gasteiger partial charge in [-0.05, 0) is 19.1 Å². The summed E-state index contributed by atoms with van der Waals surface area (Å²) < 4.78 is 5.20. The minimum atomic E-state index is -0.498. The van der Waals surface area contributed by atoms with Gasteiger partial charge in [0, 0.05) is 12.4 Å². The van der Waals surface area contributed by atoms with E-state index >= 15 is 0 Å². The third kappa shape index (κ3) is 1.65. The highest BCUT2D eigenvalue weighted by Gasteiger charge is 2.21. The van der Waals surface area contributed by atoms with Gasteiger partial charge in [0.1, 0.15) is 0 Å². The average Bonchev–Trinajstić information content (AvgIpc) is 2.28. The van der Waals surface area contributed by atoms with E-state index in [2.05, 4.69) is 9.97 Å². The molecule has 0 unspecified atom stereocenters. The van der Waals surface area contributed by atoms with Gasteiger partial charge < -0.3 is 4.74 Å². The quantitative estimate of drug-likeness (QED) is 0.582. The molecule has 0 bridgehead atoms. The molecule has 0 saturated carbocycles. The van der Waals surface area contributed by atoms with Crippen molar-refractivity contribution in [2.24, 2.45) is 0 Å². The molecule has 0 aliphatic heterocycles. The van der Waals surface area contributed by atoms with E-state index in [4.69, 9.17) is 4.74 Å². The molecule has 1 aromatic heterocycles. The number of benzene rings is 1. The summed E-state index contributed by atoms with van der Waals surface area (Å²) in [6.07, 6.45) is 2.91. The maximum atomic E-state index is 11.0. The Balaban J connectivity index is 2.73. The van der Waals surface area contributed by atoms with Crippen molar-refractivity contribution in [2.75, 3.05) is 6.61 Å². The predicted molar refractivity (Wildman–Crippen MR) is 57.4 cm³/mol. The summed E-state index contributed by atoms with van der Waals surface area (Å²) in [5, 5.41) is 11.0. The van der Waals surface area contributed by atoms with Crippen LogP contribution in [0.5, 0.6) is 5.75 Å². The summed E-state index contributed by atoms with van der Waals surface area (Å²) in [7, 11) is 0.